The van der Waals surface area contributed by atoms with Gasteiger partial charge in [0.1, 0.15) is 5.82 Å². The molecular weight excluding hydrogens is 215 g/mol. The quantitative estimate of drug-likeness (QED) is 0.529. The van der Waals surface area contributed by atoms with Crippen molar-refractivity contribution in [2.75, 3.05) is 7.11 Å². The van der Waals surface area contributed by atoms with Crippen LogP contribution in [-0.4, -0.2) is 25.0 Å². The van der Waals surface area contributed by atoms with Gasteiger partial charge in [-0.25, -0.2) is 9.18 Å². The van der Waals surface area contributed by atoms with Crippen molar-refractivity contribution in [1.82, 2.24) is 0 Å². The summed E-state index contributed by atoms with van der Waals surface area (Å²) in [5, 5.41) is 0. The Morgan fingerprint density at radius 3 is 3.00 bits per heavy atom. The molecule has 1 heterocycles. The first-order chi connectivity index (χ1) is 7.63. The first kappa shape index (κ1) is 10.8. The predicted molar refractivity (Wildman–Crippen MR) is 51.3 cm³/mol. The number of hydrogen-bond acceptors (Lipinski definition) is 4. The fourth-order valence-corrected chi connectivity index (χ4v) is 1.58. The summed E-state index contributed by atoms with van der Waals surface area (Å²) >= 11 is 0. The monoisotopic (exact) mass is 224 g/mol. The van der Waals surface area contributed by atoms with Gasteiger partial charge < -0.3 is 9.47 Å². The standard InChI is InChI=1S/C11H9FO4/c1-15-11(14)10-9(13)8-4-7(12)3-2-6(8)5-16-10/h2-4,10H,5H2,1H3. The molecule has 0 aliphatic carbocycles. The van der Waals surface area contributed by atoms with Gasteiger partial charge in [0.15, 0.2) is 0 Å². The second-order valence-electron chi connectivity index (χ2n) is 3.38. The third kappa shape index (κ3) is 1.69. The Labute approximate surface area is 91.0 Å². The molecule has 1 aliphatic rings. The molecule has 1 aromatic carbocycles. The molecule has 1 unspecified atom stereocenters. The molecule has 0 aromatic heterocycles. The number of ether oxygens (including phenoxy) is 2. The van der Waals surface area contributed by atoms with Gasteiger partial charge in [0, 0.05) is 5.56 Å². The van der Waals surface area contributed by atoms with E-state index in [1.54, 1.807) is 0 Å². The summed E-state index contributed by atoms with van der Waals surface area (Å²) in [4.78, 5) is 23.0. The Hall–Kier alpha value is -1.75. The Kier molecular flexibility index (Phi) is 2.70. The zero-order valence-corrected chi connectivity index (χ0v) is 8.53. The second kappa shape index (κ2) is 4.02. The number of carbonyl (C=O) groups is 2. The zero-order valence-electron chi connectivity index (χ0n) is 8.53. The van der Waals surface area contributed by atoms with E-state index in [9.17, 15) is 14.0 Å². The molecule has 5 heteroatoms. The van der Waals surface area contributed by atoms with E-state index < -0.39 is 23.7 Å². The van der Waals surface area contributed by atoms with Gasteiger partial charge in [0.05, 0.1) is 13.7 Å². The maximum atomic E-state index is 13.0. The summed E-state index contributed by atoms with van der Waals surface area (Å²) in [6.07, 6.45) is -1.28. The van der Waals surface area contributed by atoms with Crippen LogP contribution in [0.25, 0.3) is 0 Å². The molecule has 16 heavy (non-hydrogen) atoms. The average Bonchev–Trinajstić information content (AvgIpc) is 2.29. The lowest BCUT2D eigenvalue weighted by Gasteiger charge is -2.21. The number of Topliss-reactive ketones (excluding diaryl/α,β-unsaturated/α-hetero) is 1. The number of carbonyl (C=O) groups excluding carboxylic acids is 2. The number of hydrogen-bond donors (Lipinski definition) is 0. The fraction of sp³-hybridized carbons (Fsp3) is 0.273. The van der Waals surface area contributed by atoms with E-state index >= 15 is 0 Å². The van der Waals surface area contributed by atoms with Crippen molar-refractivity contribution in [3.63, 3.8) is 0 Å². The lowest BCUT2D eigenvalue weighted by Crippen LogP contribution is -2.37. The first-order valence-corrected chi connectivity index (χ1v) is 4.65. The summed E-state index contributed by atoms with van der Waals surface area (Å²) in [5.74, 6) is -1.84. The largest absolute Gasteiger partial charge is 0.467 e. The van der Waals surface area contributed by atoms with Crippen LogP contribution in [0, 0.1) is 5.82 Å². The minimum absolute atomic E-state index is 0.0983. The van der Waals surface area contributed by atoms with E-state index in [0.29, 0.717) is 5.56 Å². The molecular formula is C11H9FO4. The number of methoxy groups -OCH3 is 1. The summed E-state index contributed by atoms with van der Waals surface area (Å²) in [6.45, 7) is 0.0983. The number of benzene rings is 1. The first-order valence-electron chi connectivity index (χ1n) is 4.65. The number of rotatable bonds is 1. The van der Waals surface area contributed by atoms with Crippen LogP contribution in [0.2, 0.25) is 0 Å². The van der Waals surface area contributed by atoms with Crippen LogP contribution in [0.3, 0.4) is 0 Å². The molecule has 0 fully saturated rings. The van der Waals surface area contributed by atoms with Crippen molar-refractivity contribution in [1.29, 1.82) is 0 Å². The molecule has 0 spiro atoms. The van der Waals surface area contributed by atoms with E-state index in [0.717, 1.165) is 6.07 Å². The zero-order chi connectivity index (χ0) is 11.7. The summed E-state index contributed by atoms with van der Waals surface area (Å²) in [7, 11) is 1.17. The van der Waals surface area contributed by atoms with Gasteiger partial charge in [-0.05, 0) is 17.7 Å². The van der Waals surface area contributed by atoms with Gasteiger partial charge in [-0.1, -0.05) is 6.07 Å². The smallest absolute Gasteiger partial charge is 0.343 e. The van der Waals surface area contributed by atoms with Gasteiger partial charge in [-0.3, -0.25) is 4.79 Å². The molecule has 1 aliphatic heterocycles. The summed E-state index contributed by atoms with van der Waals surface area (Å²) in [6, 6.07) is 3.82. The second-order valence-corrected chi connectivity index (χ2v) is 3.38. The molecule has 0 N–H and O–H groups in total. The third-order valence-corrected chi connectivity index (χ3v) is 2.40. The normalized spacial score (nSPS) is 19.1. The molecule has 1 aromatic rings. The van der Waals surface area contributed by atoms with Crippen molar-refractivity contribution >= 4 is 11.8 Å². The average molecular weight is 224 g/mol. The Balaban J connectivity index is 2.38. The third-order valence-electron chi connectivity index (χ3n) is 2.40. The van der Waals surface area contributed by atoms with E-state index in [4.69, 9.17) is 4.74 Å². The van der Waals surface area contributed by atoms with Crippen LogP contribution in [-0.2, 0) is 20.9 Å². The van der Waals surface area contributed by atoms with Crippen LogP contribution in [0.15, 0.2) is 18.2 Å². The lowest BCUT2D eigenvalue weighted by molar-refractivity contribution is -0.151. The Morgan fingerprint density at radius 1 is 1.56 bits per heavy atom. The van der Waals surface area contributed by atoms with Crippen LogP contribution in [0.4, 0.5) is 4.39 Å². The Morgan fingerprint density at radius 2 is 2.31 bits per heavy atom. The highest BCUT2D eigenvalue weighted by molar-refractivity contribution is 6.12. The van der Waals surface area contributed by atoms with Crippen LogP contribution in [0.5, 0.6) is 0 Å². The van der Waals surface area contributed by atoms with Crippen molar-refractivity contribution in [2.45, 2.75) is 12.7 Å². The number of fused-ring (bicyclic) bond motifs is 1. The van der Waals surface area contributed by atoms with Gasteiger partial charge in [-0.2, -0.15) is 0 Å². The molecule has 0 bridgehead atoms. The maximum absolute atomic E-state index is 13.0. The molecule has 0 saturated heterocycles. The van der Waals surface area contributed by atoms with E-state index in [2.05, 4.69) is 4.74 Å². The highest BCUT2D eigenvalue weighted by atomic mass is 19.1. The molecule has 1 atom stereocenters. The van der Waals surface area contributed by atoms with Gasteiger partial charge in [-0.15, -0.1) is 0 Å². The minimum atomic E-state index is -1.28. The van der Waals surface area contributed by atoms with Gasteiger partial charge in [0.25, 0.3) is 0 Å². The topological polar surface area (TPSA) is 52.6 Å². The molecule has 0 radical (unpaired) electrons. The molecule has 4 nitrogen and oxygen atoms in total. The molecule has 84 valence electrons. The van der Waals surface area contributed by atoms with Gasteiger partial charge in [0.2, 0.25) is 11.9 Å². The van der Waals surface area contributed by atoms with Crippen molar-refractivity contribution in [2.24, 2.45) is 0 Å². The van der Waals surface area contributed by atoms with Crippen molar-refractivity contribution < 1.29 is 23.5 Å². The molecule has 0 amide bonds. The predicted octanol–water partition coefficient (Wildman–Crippen LogP) is 1.08. The molecule has 2 rings (SSSR count). The molecule has 0 saturated carbocycles. The highest BCUT2D eigenvalue weighted by Crippen LogP contribution is 2.22. The number of esters is 1. The van der Waals surface area contributed by atoms with E-state index in [-0.39, 0.29) is 12.2 Å². The SMILES string of the molecule is COC(=O)C1OCc2ccc(F)cc2C1=O. The van der Waals surface area contributed by atoms with Crippen LogP contribution < -0.4 is 0 Å². The fourth-order valence-electron chi connectivity index (χ4n) is 1.58. The maximum Gasteiger partial charge on any atom is 0.343 e. The minimum Gasteiger partial charge on any atom is -0.467 e. The van der Waals surface area contributed by atoms with Crippen molar-refractivity contribution in [3.8, 4) is 0 Å². The highest BCUT2D eigenvalue weighted by Gasteiger charge is 2.34. The summed E-state index contributed by atoms with van der Waals surface area (Å²) in [5.41, 5.74) is 0.758. The van der Waals surface area contributed by atoms with Crippen LogP contribution >= 0.6 is 0 Å². The lowest BCUT2D eigenvalue weighted by atomic mass is 9.97. The number of halogens is 1. The number of ketones is 1. The van der Waals surface area contributed by atoms with Crippen molar-refractivity contribution in [3.05, 3.63) is 35.1 Å². The van der Waals surface area contributed by atoms with E-state index in [1.165, 1.54) is 19.2 Å². The van der Waals surface area contributed by atoms with Crippen LogP contribution in [0.1, 0.15) is 15.9 Å². The van der Waals surface area contributed by atoms with Gasteiger partial charge >= 0.3 is 5.97 Å². The Bertz CT molecular complexity index is 455. The van der Waals surface area contributed by atoms with E-state index in [1.807, 2.05) is 0 Å². The summed E-state index contributed by atoms with van der Waals surface area (Å²) < 4.78 is 22.5.